The maximum absolute atomic E-state index is 12.9. The molecule has 1 aliphatic rings. The minimum atomic E-state index is -3.88. The first kappa shape index (κ1) is 22.5. The Balaban J connectivity index is 1.27. The standard InChI is InChI=1S/C25H21N5O4S/c31-23-15-18(16-30(23)22-8-3-6-17-5-1-2-7-21(17)22)24(32)28-19-9-11-20(12-10-19)35(33,34)29-25-26-13-4-14-27-25/h1-14,18H,15-16H2,(H,28,32)(H,26,27,29)/t18-/m1/s1. The quantitative estimate of drug-likeness (QED) is 0.430. The number of carbonyl (C=O) groups excluding carboxylic acids is 2. The zero-order valence-electron chi connectivity index (χ0n) is 18.5. The number of anilines is 3. The maximum Gasteiger partial charge on any atom is 0.264 e. The van der Waals surface area contributed by atoms with Gasteiger partial charge in [-0.05, 0) is 41.8 Å². The second-order valence-electron chi connectivity index (χ2n) is 8.10. The van der Waals surface area contributed by atoms with E-state index in [1.807, 2.05) is 42.5 Å². The van der Waals surface area contributed by atoms with Gasteiger partial charge in [0.15, 0.2) is 0 Å². The summed E-state index contributed by atoms with van der Waals surface area (Å²) in [5.41, 5.74) is 1.22. The van der Waals surface area contributed by atoms with Crippen molar-refractivity contribution in [3.05, 3.63) is 85.2 Å². The summed E-state index contributed by atoms with van der Waals surface area (Å²) in [4.78, 5) is 35.0. The molecule has 2 N–H and O–H groups in total. The van der Waals surface area contributed by atoms with Gasteiger partial charge in [-0.3, -0.25) is 9.59 Å². The maximum atomic E-state index is 12.9. The predicted molar refractivity (Wildman–Crippen MR) is 132 cm³/mol. The van der Waals surface area contributed by atoms with Crippen molar-refractivity contribution in [3.63, 3.8) is 0 Å². The Kier molecular flexibility index (Phi) is 5.87. The molecule has 1 atom stereocenters. The number of nitrogens with one attached hydrogen (secondary N) is 2. The molecule has 4 aromatic rings. The lowest BCUT2D eigenvalue weighted by atomic mass is 10.1. The molecule has 5 rings (SSSR count). The van der Waals surface area contributed by atoms with E-state index in [4.69, 9.17) is 0 Å². The summed E-state index contributed by atoms with van der Waals surface area (Å²) < 4.78 is 27.3. The van der Waals surface area contributed by atoms with E-state index in [-0.39, 0.29) is 35.6 Å². The number of carbonyl (C=O) groups is 2. The van der Waals surface area contributed by atoms with Gasteiger partial charge >= 0.3 is 0 Å². The van der Waals surface area contributed by atoms with E-state index in [2.05, 4.69) is 20.0 Å². The van der Waals surface area contributed by atoms with Gasteiger partial charge in [-0.2, -0.15) is 0 Å². The third kappa shape index (κ3) is 4.69. The summed E-state index contributed by atoms with van der Waals surface area (Å²) >= 11 is 0. The zero-order chi connectivity index (χ0) is 24.4. The normalized spacial score (nSPS) is 15.8. The van der Waals surface area contributed by atoms with Crippen molar-refractivity contribution in [1.82, 2.24) is 9.97 Å². The minimum absolute atomic E-state index is 0.00104. The van der Waals surface area contributed by atoms with E-state index in [1.54, 1.807) is 11.0 Å². The Bertz CT molecular complexity index is 1500. The van der Waals surface area contributed by atoms with Gasteiger partial charge in [0.25, 0.3) is 10.0 Å². The van der Waals surface area contributed by atoms with Gasteiger partial charge in [-0.15, -0.1) is 0 Å². The number of hydrogen-bond donors (Lipinski definition) is 2. The highest BCUT2D eigenvalue weighted by molar-refractivity contribution is 7.92. The lowest BCUT2D eigenvalue weighted by Crippen LogP contribution is -2.28. The van der Waals surface area contributed by atoms with Crippen molar-refractivity contribution >= 4 is 49.9 Å². The number of aromatic nitrogens is 2. The average molecular weight is 488 g/mol. The van der Waals surface area contributed by atoms with Gasteiger partial charge in [0.05, 0.1) is 16.5 Å². The van der Waals surface area contributed by atoms with Crippen molar-refractivity contribution in [3.8, 4) is 0 Å². The molecule has 0 spiro atoms. The number of benzene rings is 3. The van der Waals surface area contributed by atoms with Crippen molar-refractivity contribution < 1.29 is 18.0 Å². The summed E-state index contributed by atoms with van der Waals surface area (Å²) in [6.45, 7) is 0.270. The van der Waals surface area contributed by atoms with Gasteiger partial charge in [0.1, 0.15) is 0 Å². The molecule has 1 saturated heterocycles. The Hall–Kier alpha value is -4.31. The van der Waals surface area contributed by atoms with Crippen LogP contribution in [-0.2, 0) is 19.6 Å². The molecule has 1 aromatic heterocycles. The van der Waals surface area contributed by atoms with Crippen molar-refractivity contribution in [2.75, 3.05) is 21.5 Å². The van der Waals surface area contributed by atoms with Gasteiger partial charge in [-0.25, -0.2) is 23.1 Å². The van der Waals surface area contributed by atoms with Crippen LogP contribution in [-0.4, -0.2) is 36.7 Å². The SMILES string of the molecule is O=C(Nc1ccc(S(=O)(=O)Nc2ncccn2)cc1)[C@@H]1CC(=O)N(c2cccc3ccccc23)C1. The second kappa shape index (κ2) is 9.15. The van der Waals surface area contributed by atoms with Crippen LogP contribution in [0.3, 0.4) is 0 Å². The van der Waals surface area contributed by atoms with Crippen LogP contribution in [0, 0.1) is 5.92 Å². The monoisotopic (exact) mass is 487 g/mol. The molecule has 1 fully saturated rings. The van der Waals surface area contributed by atoms with Crippen LogP contribution in [0.1, 0.15) is 6.42 Å². The van der Waals surface area contributed by atoms with Gasteiger partial charge < -0.3 is 10.2 Å². The largest absolute Gasteiger partial charge is 0.326 e. The summed E-state index contributed by atoms with van der Waals surface area (Å²) in [6, 6.07) is 20.9. The summed E-state index contributed by atoms with van der Waals surface area (Å²) in [5.74, 6) is -0.974. The number of rotatable bonds is 6. The minimum Gasteiger partial charge on any atom is -0.326 e. The smallest absolute Gasteiger partial charge is 0.264 e. The van der Waals surface area contributed by atoms with Crippen molar-refractivity contribution in [2.24, 2.45) is 5.92 Å². The molecular formula is C25H21N5O4S. The first-order valence-corrected chi connectivity index (χ1v) is 12.4. The number of amides is 2. The van der Waals surface area contributed by atoms with E-state index in [1.165, 1.54) is 36.7 Å². The average Bonchev–Trinajstić information content (AvgIpc) is 3.26. The van der Waals surface area contributed by atoms with Crippen LogP contribution in [0.2, 0.25) is 0 Å². The van der Waals surface area contributed by atoms with Crippen molar-refractivity contribution in [1.29, 1.82) is 0 Å². The molecule has 2 heterocycles. The predicted octanol–water partition coefficient (Wildman–Crippen LogP) is 3.42. The van der Waals surface area contributed by atoms with E-state index in [9.17, 15) is 18.0 Å². The third-order valence-corrected chi connectivity index (χ3v) is 7.12. The molecule has 0 unspecified atom stereocenters. The number of hydrogen-bond acceptors (Lipinski definition) is 6. The van der Waals surface area contributed by atoms with E-state index < -0.39 is 15.9 Å². The fourth-order valence-corrected chi connectivity index (χ4v) is 5.01. The molecule has 35 heavy (non-hydrogen) atoms. The van der Waals surface area contributed by atoms with Crippen LogP contribution in [0.15, 0.2) is 90.1 Å². The molecule has 0 aliphatic carbocycles. The fraction of sp³-hybridized carbons (Fsp3) is 0.120. The molecule has 3 aromatic carbocycles. The molecular weight excluding hydrogens is 466 g/mol. The van der Waals surface area contributed by atoms with Gasteiger partial charge in [0.2, 0.25) is 17.8 Å². The highest BCUT2D eigenvalue weighted by Crippen LogP contribution is 2.32. The lowest BCUT2D eigenvalue weighted by molar-refractivity contribution is -0.122. The lowest BCUT2D eigenvalue weighted by Gasteiger charge is -2.19. The molecule has 2 amide bonds. The molecule has 0 saturated carbocycles. The highest BCUT2D eigenvalue weighted by atomic mass is 32.2. The van der Waals surface area contributed by atoms with E-state index in [0.29, 0.717) is 5.69 Å². The Morgan fingerprint density at radius 1 is 0.914 bits per heavy atom. The zero-order valence-corrected chi connectivity index (χ0v) is 19.3. The van der Waals surface area contributed by atoms with E-state index in [0.717, 1.165) is 16.5 Å². The summed E-state index contributed by atoms with van der Waals surface area (Å²) in [6.07, 6.45) is 2.96. The Labute approximate surface area is 201 Å². The van der Waals surface area contributed by atoms with Crippen LogP contribution in [0.25, 0.3) is 10.8 Å². The molecule has 10 heteroatoms. The number of sulfonamides is 1. The van der Waals surface area contributed by atoms with Gasteiger partial charge in [0, 0.05) is 36.4 Å². The number of nitrogens with zero attached hydrogens (tertiary/aromatic N) is 3. The first-order valence-electron chi connectivity index (χ1n) is 10.9. The molecule has 0 bridgehead atoms. The third-order valence-electron chi connectivity index (χ3n) is 5.78. The first-order chi connectivity index (χ1) is 16.9. The van der Waals surface area contributed by atoms with E-state index >= 15 is 0 Å². The summed E-state index contributed by atoms with van der Waals surface area (Å²) in [7, 11) is -3.88. The fourth-order valence-electron chi connectivity index (χ4n) is 4.05. The molecule has 9 nitrogen and oxygen atoms in total. The highest BCUT2D eigenvalue weighted by Gasteiger charge is 2.35. The van der Waals surface area contributed by atoms with Crippen LogP contribution in [0.5, 0.6) is 0 Å². The second-order valence-corrected chi connectivity index (χ2v) is 9.78. The summed E-state index contributed by atoms with van der Waals surface area (Å²) in [5, 5.41) is 4.76. The van der Waals surface area contributed by atoms with Crippen LogP contribution >= 0.6 is 0 Å². The van der Waals surface area contributed by atoms with Crippen molar-refractivity contribution in [2.45, 2.75) is 11.3 Å². The molecule has 0 radical (unpaired) electrons. The number of fused-ring (bicyclic) bond motifs is 1. The Morgan fingerprint density at radius 3 is 2.40 bits per heavy atom. The van der Waals surface area contributed by atoms with Crippen LogP contribution in [0.4, 0.5) is 17.3 Å². The van der Waals surface area contributed by atoms with Crippen LogP contribution < -0.4 is 14.9 Å². The molecule has 176 valence electrons. The van der Waals surface area contributed by atoms with Gasteiger partial charge in [-0.1, -0.05) is 36.4 Å². The Morgan fingerprint density at radius 2 is 1.63 bits per heavy atom. The topological polar surface area (TPSA) is 121 Å². The molecule has 1 aliphatic heterocycles.